The third-order valence-corrected chi connectivity index (χ3v) is 5.18. The summed E-state index contributed by atoms with van der Waals surface area (Å²) < 4.78 is 0. The normalized spacial score (nSPS) is 11.9. The number of nitriles is 1. The van der Waals surface area contributed by atoms with Gasteiger partial charge in [-0.25, -0.2) is 15.0 Å². The van der Waals surface area contributed by atoms with Gasteiger partial charge in [0, 0.05) is 18.0 Å². The van der Waals surface area contributed by atoms with E-state index in [0.717, 1.165) is 5.69 Å². The lowest BCUT2D eigenvalue weighted by atomic mass is 9.98. The number of benzene rings is 1. The van der Waals surface area contributed by atoms with Crippen molar-refractivity contribution < 1.29 is 0 Å². The lowest BCUT2D eigenvalue weighted by Crippen LogP contribution is -2.11. The van der Waals surface area contributed by atoms with Gasteiger partial charge in [-0.15, -0.1) is 5.10 Å². The molecule has 0 aliphatic heterocycles. The lowest BCUT2D eigenvalue weighted by Gasteiger charge is -2.11. The van der Waals surface area contributed by atoms with Crippen LogP contribution < -0.4 is 5.73 Å². The van der Waals surface area contributed by atoms with Gasteiger partial charge in [-0.05, 0) is 31.2 Å². The van der Waals surface area contributed by atoms with Gasteiger partial charge in [-0.2, -0.15) is 15.2 Å². The molecule has 2 N–H and O–H groups in total. The molecule has 9 nitrogen and oxygen atoms in total. The Balaban J connectivity index is 1.81. The zero-order chi connectivity index (χ0) is 22.1. The number of hydrogen-bond donors (Lipinski definition) is 1. The molecule has 4 heterocycles. The highest BCUT2D eigenvalue weighted by Crippen LogP contribution is 2.37. The molecule has 32 heavy (non-hydrogen) atoms. The molecule has 0 aliphatic carbocycles. The van der Waals surface area contributed by atoms with Crippen LogP contribution in [0.5, 0.6) is 0 Å². The minimum atomic E-state index is -0.226. The first-order valence-electron chi connectivity index (χ1n) is 9.90. The number of hydrogen-bond acceptors (Lipinski definition) is 8. The summed E-state index contributed by atoms with van der Waals surface area (Å²) in [5, 5.41) is 19.0. The summed E-state index contributed by atoms with van der Waals surface area (Å²) in [5.74, 6) is 0.222. The SMILES string of the molecule is CC(c1ccccn1)n1nc2c(N)nc(-c3ccccc3C#N)c(-c3ccncn3)c2n1. The molecule has 1 aromatic carbocycles. The van der Waals surface area contributed by atoms with Crippen LogP contribution in [0.1, 0.15) is 24.2 Å². The predicted octanol–water partition coefficient (Wildman–Crippen LogP) is 3.41. The molecule has 1 atom stereocenters. The Hall–Kier alpha value is -4.71. The van der Waals surface area contributed by atoms with Crippen molar-refractivity contribution >= 4 is 16.9 Å². The van der Waals surface area contributed by atoms with Crippen molar-refractivity contribution in [1.29, 1.82) is 5.26 Å². The van der Waals surface area contributed by atoms with Gasteiger partial charge in [0.05, 0.1) is 34.3 Å². The fourth-order valence-electron chi connectivity index (χ4n) is 3.58. The Morgan fingerprint density at radius 2 is 1.78 bits per heavy atom. The highest BCUT2D eigenvalue weighted by molar-refractivity contribution is 6.02. The molecule has 0 saturated heterocycles. The second kappa shape index (κ2) is 7.85. The van der Waals surface area contributed by atoms with E-state index in [1.807, 2.05) is 37.3 Å². The fraction of sp³-hybridized carbons (Fsp3) is 0.0870. The molecule has 0 radical (unpaired) electrons. The van der Waals surface area contributed by atoms with Gasteiger partial charge in [0.25, 0.3) is 0 Å². The molecular weight excluding hydrogens is 402 g/mol. The van der Waals surface area contributed by atoms with Gasteiger partial charge >= 0.3 is 0 Å². The number of pyridine rings is 2. The van der Waals surface area contributed by atoms with Gasteiger partial charge < -0.3 is 5.73 Å². The van der Waals surface area contributed by atoms with E-state index in [9.17, 15) is 5.26 Å². The maximum Gasteiger partial charge on any atom is 0.156 e. The van der Waals surface area contributed by atoms with Crippen LogP contribution in [-0.2, 0) is 0 Å². The quantitative estimate of drug-likeness (QED) is 0.469. The van der Waals surface area contributed by atoms with Crippen LogP contribution in [0.25, 0.3) is 33.5 Å². The van der Waals surface area contributed by atoms with E-state index in [2.05, 4.69) is 31.1 Å². The van der Waals surface area contributed by atoms with Crippen LogP contribution in [0.4, 0.5) is 5.82 Å². The van der Waals surface area contributed by atoms with Crippen LogP contribution in [0.2, 0.25) is 0 Å². The number of rotatable bonds is 4. The molecule has 0 aliphatic rings. The van der Waals surface area contributed by atoms with E-state index >= 15 is 0 Å². The summed E-state index contributed by atoms with van der Waals surface area (Å²) in [6.45, 7) is 1.96. The van der Waals surface area contributed by atoms with Crippen LogP contribution in [-0.4, -0.2) is 34.9 Å². The maximum absolute atomic E-state index is 9.65. The molecule has 1 unspecified atom stereocenters. The third kappa shape index (κ3) is 3.20. The van der Waals surface area contributed by atoms with E-state index < -0.39 is 0 Å². The first-order valence-corrected chi connectivity index (χ1v) is 9.90. The first-order chi connectivity index (χ1) is 15.7. The van der Waals surface area contributed by atoms with Crippen LogP contribution in [0, 0.1) is 11.3 Å². The van der Waals surface area contributed by atoms with E-state index in [0.29, 0.717) is 39.1 Å². The summed E-state index contributed by atoms with van der Waals surface area (Å²) in [6.07, 6.45) is 4.83. The Morgan fingerprint density at radius 1 is 0.969 bits per heavy atom. The van der Waals surface area contributed by atoms with Gasteiger partial charge in [0.15, 0.2) is 11.3 Å². The minimum Gasteiger partial charge on any atom is -0.382 e. The third-order valence-electron chi connectivity index (χ3n) is 5.18. The summed E-state index contributed by atoms with van der Waals surface area (Å²) in [6, 6.07) is 16.7. The van der Waals surface area contributed by atoms with Crippen LogP contribution in [0.15, 0.2) is 67.3 Å². The molecule has 4 aromatic heterocycles. The Bertz CT molecular complexity index is 1450. The largest absolute Gasteiger partial charge is 0.382 e. The van der Waals surface area contributed by atoms with Crippen molar-refractivity contribution in [1.82, 2.24) is 34.9 Å². The van der Waals surface area contributed by atoms with E-state index in [-0.39, 0.29) is 11.9 Å². The monoisotopic (exact) mass is 419 g/mol. The number of anilines is 1. The second-order valence-electron chi connectivity index (χ2n) is 7.12. The molecule has 5 rings (SSSR count). The zero-order valence-corrected chi connectivity index (χ0v) is 17.1. The standard InChI is InChI=1S/C23H17N9/c1-14(17-8-4-5-10-27-17)32-30-21-19(18-9-11-26-13-28-18)20(29-23(25)22(21)31-32)16-7-3-2-6-15(16)12-24/h2-11,13-14H,1H3,(H2,25,29). The van der Waals surface area contributed by atoms with E-state index in [1.54, 1.807) is 35.4 Å². The number of nitrogens with zero attached hydrogens (tertiary/aromatic N) is 8. The highest BCUT2D eigenvalue weighted by atomic mass is 15.5. The van der Waals surface area contributed by atoms with E-state index in [1.165, 1.54) is 6.33 Å². The summed E-state index contributed by atoms with van der Waals surface area (Å²) >= 11 is 0. The molecule has 0 amide bonds. The molecule has 0 spiro atoms. The first kappa shape index (κ1) is 19.3. The van der Waals surface area contributed by atoms with Crippen molar-refractivity contribution in [3.05, 3.63) is 78.5 Å². The van der Waals surface area contributed by atoms with Crippen molar-refractivity contribution in [2.24, 2.45) is 0 Å². The Kier molecular flexibility index (Phi) is 4.72. The lowest BCUT2D eigenvalue weighted by molar-refractivity contribution is 0.490. The Morgan fingerprint density at radius 3 is 2.53 bits per heavy atom. The minimum absolute atomic E-state index is 0.222. The maximum atomic E-state index is 9.65. The number of nitrogens with two attached hydrogens (primary N) is 1. The van der Waals surface area contributed by atoms with Gasteiger partial charge in [0.1, 0.15) is 17.9 Å². The Labute approximate surface area is 183 Å². The number of nitrogen functional groups attached to an aromatic ring is 1. The summed E-state index contributed by atoms with van der Waals surface area (Å²) in [7, 11) is 0. The average molecular weight is 419 g/mol. The molecule has 0 saturated carbocycles. The van der Waals surface area contributed by atoms with Crippen molar-refractivity contribution in [3.63, 3.8) is 0 Å². The van der Waals surface area contributed by atoms with Gasteiger partial charge in [-0.3, -0.25) is 4.98 Å². The summed E-state index contributed by atoms with van der Waals surface area (Å²) in [4.78, 5) is 19.1. The highest BCUT2D eigenvalue weighted by Gasteiger charge is 2.24. The second-order valence-corrected chi connectivity index (χ2v) is 7.12. The predicted molar refractivity (Wildman–Crippen MR) is 119 cm³/mol. The smallest absolute Gasteiger partial charge is 0.156 e. The van der Waals surface area contributed by atoms with Crippen molar-refractivity contribution in [2.75, 3.05) is 5.73 Å². The van der Waals surface area contributed by atoms with Gasteiger partial charge in [0.2, 0.25) is 0 Å². The number of aromatic nitrogens is 7. The van der Waals surface area contributed by atoms with Crippen molar-refractivity contribution in [3.8, 4) is 28.6 Å². The van der Waals surface area contributed by atoms with Crippen LogP contribution in [0.3, 0.4) is 0 Å². The number of fused-ring (bicyclic) bond motifs is 1. The average Bonchev–Trinajstić information content (AvgIpc) is 3.30. The molecule has 0 bridgehead atoms. The van der Waals surface area contributed by atoms with Crippen LogP contribution >= 0.6 is 0 Å². The molecule has 154 valence electrons. The molecule has 9 heteroatoms. The zero-order valence-electron chi connectivity index (χ0n) is 17.1. The molecular formula is C23H17N9. The topological polar surface area (TPSA) is 132 Å². The summed E-state index contributed by atoms with van der Waals surface area (Å²) in [5.41, 5.74) is 11.0. The molecule has 0 fully saturated rings. The molecule has 5 aromatic rings. The fourth-order valence-corrected chi connectivity index (χ4v) is 3.58. The van der Waals surface area contributed by atoms with Crippen molar-refractivity contribution in [2.45, 2.75) is 13.0 Å². The van der Waals surface area contributed by atoms with E-state index in [4.69, 9.17) is 10.8 Å². The van der Waals surface area contributed by atoms with Gasteiger partial charge in [-0.1, -0.05) is 24.3 Å².